The van der Waals surface area contributed by atoms with Gasteiger partial charge in [0, 0.05) is 37.0 Å². The highest BCUT2D eigenvalue weighted by Gasteiger charge is 2.59. The molecule has 43 heavy (non-hydrogen) atoms. The molecule has 4 aliphatic rings. The molecule has 3 fully saturated rings. The molecule has 0 spiro atoms. The van der Waals surface area contributed by atoms with Crippen LogP contribution in [0.3, 0.4) is 0 Å². The number of nitrogens with two attached hydrogens (primary N) is 1. The molecule has 3 saturated carbocycles. The summed E-state index contributed by atoms with van der Waals surface area (Å²) in [4.78, 5) is 13.2. The third-order valence-corrected chi connectivity index (χ3v) is 13.3. The molecule has 4 nitrogen and oxygen atoms in total. The van der Waals surface area contributed by atoms with Gasteiger partial charge in [-0.2, -0.15) is 0 Å². The number of hydrogen-bond donors (Lipinski definition) is 1. The molecule has 4 unspecified atom stereocenters. The number of hydrogen-bond acceptors (Lipinski definition) is 3. The number of carbonyl (C=O) groups excluding carboxylic acids is 1. The summed E-state index contributed by atoms with van der Waals surface area (Å²) in [5.74, 6) is 4.82. The van der Waals surface area contributed by atoms with Crippen LogP contribution in [0.25, 0.3) is 10.9 Å². The van der Waals surface area contributed by atoms with E-state index in [0.717, 1.165) is 60.3 Å². The van der Waals surface area contributed by atoms with Crippen molar-refractivity contribution in [1.82, 2.24) is 4.57 Å². The van der Waals surface area contributed by atoms with Gasteiger partial charge in [0.15, 0.2) is 0 Å². The largest absolute Gasteiger partial charge is 0.461 e. The van der Waals surface area contributed by atoms with Gasteiger partial charge in [-0.3, -0.25) is 4.79 Å². The van der Waals surface area contributed by atoms with Crippen molar-refractivity contribution in [2.45, 2.75) is 124 Å². The van der Waals surface area contributed by atoms with Gasteiger partial charge in [0.2, 0.25) is 0 Å². The Kier molecular flexibility index (Phi) is 8.65. The maximum absolute atomic E-state index is 13.2. The Hall–Kier alpha value is -2.07. The summed E-state index contributed by atoms with van der Waals surface area (Å²) in [6.45, 7) is 12.5. The summed E-state index contributed by atoms with van der Waals surface area (Å²) in [6.07, 6.45) is 19.2. The summed E-state index contributed by atoms with van der Waals surface area (Å²) in [6, 6.07) is 7.68. The van der Waals surface area contributed by atoms with E-state index in [0.29, 0.717) is 11.8 Å². The van der Waals surface area contributed by atoms with Crippen LogP contribution in [0.2, 0.25) is 0 Å². The smallest absolute Gasteiger partial charge is 0.323 e. The Labute approximate surface area is 261 Å². The van der Waals surface area contributed by atoms with E-state index >= 15 is 0 Å². The summed E-state index contributed by atoms with van der Waals surface area (Å²) >= 11 is 0. The molecular formula is C39H58N2O2. The number of nitrogens with zero attached hydrogens (tertiary/aromatic N) is 1. The minimum Gasteiger partial charge on any atom is -0.461 e. The van der Waals surface area contributed by atoms with E-state index in [1.54, 1.807) is 5.57 Å². The fourth-order valence-corrected chi connectivity index (χ4v) is 10.9. The van der Waals surface area contributed by atoms with Crippen LogP contribution in [0, 0.1) is 46.3 Å². The highest BCUT2D eigenvalue weighted by molar-refractivity contribution is 5.85. The molecule has 4 heteroatoms. The Bertz CT molecular complexity index is 1340. The number of esters is 1. The Morgan fingerprint density at radius 2 is 1.84 bits per heavy atom. The first-order valence-electron chi connectivity index (χ1n) is 17.7. The third kappa shape index (κ3) is 5.64. The standard InChI is InChI=1S/C39H58N2O2/c1-25(2)10-9-11-26(3)32-16-17-33-31-15-14-28-23-29(18-20-38(28,4)34(31)19-21-39(32,33)5)43-37(42)35(40)22-27-24-41(6)36-13-8-7-12-30(27)36/h7-8,12-14,24-26,29,31-35H,9-11,15-23,40H2,1-6H3/t26-,29+,31+,32?,33?,34?,35?,38+,39-/m1/s1. The maximum Gasteiger partial charge on any atom is 0.323 e. The van der Waals surface area contributed by atoms with Gasteiger partial charge < -0.3 is 15.0 Å². The van der Waals surface area contributed by atoms with Crippen LogP contribution in [0.15, 0.2) is 42.1 Å². The summed E-state index contributed by atoms with van der Waals surface area (Å²) in [7, 11) is 2.05. The summed E-state index contributed by atoms with van der Waals surface area (Å²) in [5.41, 5.74) is 11.1. The van der Waals surface area contributed by atoms with Crippen molar-refractivity contribution in [2.75, 3.05) is 0 Å². The molecule has 0 aliphatic heterocycles. The number of aryl methyl sites for hydroxylation is 1. The van der Waals surface area contributed by atoms with Crippen LogP contribution in [0.1, 0.15) is 111 Å². The zero-order valence-corrected chi connectivity index (χ0v) is 27.9. The topological polar surface area (TPSA) is 57.2 Å². The molecule has 0 saturated heterocycles. The average Bonchev–Trinajstić information content (AvgIpc) is 3.49. The van der Waals surface area contributed by atoms with Gasteiger partial charge in [-0.15, -0.1) is 0 Å². The second-order valence-corrected chi connectivity index (χ2v) is 16.2. The number of allylic oxidation sites excluding steroid dienone is 1. The van der Waals surface area contributed by atoms with Crippen LogP contribution in [-0.4, -0.2) is 22.7 Å². The molecule has 1 heterocycles. The van der Waals surface area contributed by atoms with Gasteiger partial charge in [0.05, 0.1) is 0 Å². The van der Waals surface area contributed by atoms with Gasteiger partial charge in [-0.05, 0) is 103 Å². The van der Waals surface area contributed by atoms with Crippen molar-refractivity contribution < 1.29 is 9.53 Å². The number of aromatic nitrogens is 1. The molecule has 236 valence electrons. The van der Waals surface area contributed by atoms with Gasteiger partial charge in [-0.25, -0.2) is 0 Å². The first-order valence-corrected chi connectivity index (χ1v) is 17.7. The van der Waals surface area contributed by atoms with Crippen molar-refractivity contribution in [3.8, 4) is 0 Å². The van der Waals surface area contributed by atoms with Crippen LogP contribution in [-0.2, 0) is 23.0 Å². The number of carbonyl (C=O) groups is 1. The van der Waals surface area contributed by atoms with Crippen molar-refractivity contribution in [1.29, 1.82) is 0 Å². The number of rotatable bonds is 9. The number of benzene rings is 1. The summed E-state index contributed by atoms with van der Waals surface area (Å²) in [5, 5.41) is 1.17. The monoisotopic (exact) mass is 586 g/mol. The lowest BCUT2D eigenvalue weighted by Gasteiger charge is -2.58. The van der Waals surface area contributed by atoms with Crippen LogP contribution in [0.5, 0.6) is 0 Å². The number of ether oxygens (including phenoxy) is 1. The van der Waals surface area contributed by atoms with E-state index in [-0.39, 0.29) is 17.5 Å². The lowest BCUT2D eigenvalue weighted by atomic mass is 9.47. The molecule has 9 atom stereocenters. The predicted molar refractivity (Wildman–Crippen MR) is 178 cm³/mol. The molecule has 2 aromatic rings. The molecule has 2 N–H and O–H groups in total. The predicted octanol–water partition coefficient (Wildman–Crippen LogP) is 9.00. The minimum atomic E-state index is -0.636. The molecule has 4 aliphatic carbocycles. The van der Waals surface area contributed by atoms with E-state index < -0.39 is 6.04 Å². The van der Waals surface area contributed by atoms with Gasteiger partial charge in [-0.1, -0.05) is 83.7 Å². The quantitative estimate of drug-likeness (QED) is 0.236. The number of para-hydroxylation sites is 1. The third-order valence-electron chi connectivity index (χ3n) is 13.3. The van der Waals surface area contributed by atoms with Crippen LogP contribution >= 0.6 is 0 Å². The molecule has 1 aromatic heterocycles. The molecule has 1 aromatic carbocycles. The van der Waals surface area contributed by atoms with Gasteiger partial charge in [0.25, 0.3) is 0 Å². The molecular weight excluding hydrogens is 528 g/mol. The van der Waals surface area contributed by atoms with Gasteiger partial charge in [0.1, 0.15) is 12.1 Å². The normalized spacial score (nSPS) is 35.2. The van der Waals surface area contributed by atoms with Crippen LogP contribution < -0.4 is 5.73 Å². The second kappa shape index (κ2) is 12.0. The molecule has 0 amide bonds. The lowest BCUT2D eigenvalue weighted by molar-refractivity contribution is -0.153. The SMILES string of the molecule is CC(C)CCC[C@@H](C)C1CCC2[C@@H]3CC=C4C[C@@H](OC(=O)C(N)Cc5cn(C)c6ccccc56)CC[C@]4(C)C3CC[C@@]21C. The van der Waals surface area contributed by atoms with Crippen LogP contribution in [0.4, 0.5) is 0 Å². The Morgan fingerprint density at radius 1 is 1.05 bits per heavy atom. The average molecular weight is 587 g/mol. The Balaban J connectivity index is 1.08. The Morgan fingerprint density at radius 3 is 2.63 bits per heavy atom. The number of fused-ring (bicyclic) bond motifs is 6. The second-order valence-electron chi connectivity index (χ2n) is 16.2. The highest BCUT2D eigenvalue weighted by Crippen LogP contribution is 2.67. The van der Waals surface area contributed by atoms with E-state index in [4.69, 9.17) is 10.5 Å². The van der Waals surface area contributed by atoms with Crippen molar-refractivity contribution in [3.05, 3.63) is 47.7 Å². The molecule has 0 radical (unpaired) electrons. The molecule has 6 rings (SSSR count). The van der Waals surface area contributed by atoms with Crippen molar-refractivity contribution in [2.24, 2.45) is 59.1 Å². The van der Waals surface area contributed by atoms with Gasteiger partial charge >= 0.3 is 5.97 Å². The lowest BCUT2D eigenvalue weighted by Crippen LogP contribution is -2.51. The summed E-state index contributed by atoms with van der Waals surface area (Å²) < 4.78 is 8.25. The van der Waals surface area contributed by atoms with E-state index in [1.807, 2.05) is 19.2 Å². The van der Waals surface area contributed by atoms with E-state index in [9.17, 15) is 4.79 Å². The zero-order chi connectivity index (χ0) is 30.5. The molecule has 0 bridgehead atoms. The zero-order valence-electron chi connectivity index (χ0n) is 27.9. The van der Waals surface area contributed by atoms with E-state index in [1.165, 1.54) is 62.3 Å². The first-order chi connectivity index (χ1) is 20.5. The highest BCUT2D eigenvalue weighted by atomic mass is 16.5. The van der Waals surface area contributed by atoms with E-state index in [2.05, 4.69) is 63.6 Å². The van der Waals surface area contributed by atoms with Crippen molar-refractivity contribution >= 4 is 16.9 Å². The van der Waals surface area contributed by atoms with Crippen molar-refractivity contribution in [3.63, 3.8) is 0 Å². The first kappa shape index (κ1) is 30.9. The fraction of sp³-hybridized carbons (Fsp3) is 0.718. The maximum atomic E-state index is 13.2. The minimum absolute atomic E-state index is 0.0432. The fourth-order valence-electron chi connectivity index (χ4n) is 10.9.